The van der Waals surface area contributed by atoms with Gasteiger partial charge in [-0.15, -0.1) is 0 Å². The summed E-state index contributed by atoms with van der Waals surface area (Å²) >= 11 is 0. The van der Waals surface area contributed by atoms with Crippen molar-refractivity contribution in [3.8, 4) is 5.69 Å². The van der Waals surface area contributed by atoms with Crippen LogP contribution in [0.25, 0.3) is 5.69 Å². The largest absolute Gasteiger partial charge is 0.418 e. The van der Waals surface area contributed by atoms with Crippen LogP contribution in [0, 0.1) is 0 Å². The van der Waals surface area contributed by atoms with Crippen molar-refractivity contribution < 1.29 is 22.8 Å². The molecule has 3 rings (SSSR count). The summed E-state index contributed by atoms with van der Waals surface area (Å²) < 4.78 is 41.6. The van der Waals surface area contributed by atoms with Gasteiger partial charge in [0.1, 0.15) is 0 Å². The number of halogens is 3. The maximum absolute atomic E-state index is 13.5. The maximum atomic E-state index is 13.5. The van der Waals surface area contributed by atoms with Gasteiger partial charge in [0.05, 0.1) is 16.9 Å². The van der Waals surface area contributed by atoms with E-state index in [0.29, 0.717) is 6.04 Å². The molecule has 0 aliphatic heterocycles. The average Bonchev–Trinajstić information content (AvgIpc) is 3.38. The first kappa shape index (κ1) is 20.8. The van der Waals surface area contributed by atoms with E-state index in [4.69, 9.17) is 0 Å². The molecule has 1 atom stereocenters. The molecular formula is C19H22F3N5O2. The van der Waals surface area contributed by atoms with E-state index in [0.717, 1.165) is 25.0 Å². The lowest BCUT2D eigenvalue weighted by molar-refractivity contribution is -0.138. The molecule has 10 heteroatoms. The summed E-state index contributed by atoms with van der Waals surface area (Å²) in [6, 6.07) is 5.43. The zero-order valence-corrected chi connectivity index (χ0v) is 16.0. The molecule has 0 radical (unpaired) electrons. The summed E-state index contributed by atoms with van der Waals surface area (Å²) in [4.78, 5) is 26.3. The zero-order valence-electron chi connectivity index (χ0n) is 16.0. The first-order chi connectivity index (χ1) is 13.7. The van der Waals surface area contributed by atoms with Crippen LogP contribution >= 0.6 is 0 Å². The molecule has 1 heterocycles. The molecule has 2 amide bonds. The number of nitrogens with one attached hydrogen (secondary N) is 2. The molecule has 1 unspecified atom stereocenters. The normalized spacial score (nSPS) is 15.2. The lowest BCUT2D eigenvalue weighted by atomic mass is 10.1. The number of aromatic nitrogens is 2. The number of nitrogens with zero attached hydrogens (tertiary/aromatic N) is 3. The standard InChI is InChI=1S/C19H22F3N5O2/c1-12(26(2)13-4-5-13)11-23-17(28)18(29)25-16-7-6-14(27-9-3-8-24-27)10-15(16)19(20,21)22/h3,6-10,12-13H,4-5,11H2,1-2H3,(H,23,28)(H,25,29). The van der Waals surface area contributed by atoms with E-state index in [2.05, 4.69) is 20.6 Å². The second kappa shape index (κ2) is 8.24. The Balaban J connectivity index is 1.67. The monoisotopic (exact) mass is 409 g/mol. The molecular weight excluding hydrogens is 387 g/mol. The van der Waals surface area contributed by atoms with Crippen molar-refractivity contribution in [1.82, 2.24) is 20.0 Å². The van der Waals surface area contributed by atoms with Crippen molar-refractivity contribution in [3.05, 3.63) is 42.2 Å². The van der Waals surface area contributed by atoms with E-state index in [1.165, 1.54) is 23.1 Å². The number of anilines is 1. The lowest BCUT2D eigenvalue weighted by Crippen LogP contribution is -2.44. The van der Waals surface area contributed by atoms with Gasteiger partial charge in [0.15, 0.2) is 0 Å². The molecule has 1 aromatic carbocycles. The van der Waals surface area contributed by atoms with Gasteiger partial charge in [-0.25, -0.2) is 4.68 Å². The van der Waals surface area contributed by atoms with Crippen LogP contribution in [-0.2, 0) is 15.8 Å². The van der Waals surface area contributed by atoms with E-state index in [1.807, 2.05) is 14.0 Å². The van der Waals surface area contributed by atoms with Crippen molar-refractivity contribution in [1.29, 1.82) is 0 Å². The molecule has 0 spiro atoms. The summed E-state index contributed by atoms with van der Waals surface area (Å²) in [6.07, 6.45) is 0.424. The third kappa shape index (κ3) is 5.14. The van der Waals surface area contributed by atoms with Gasteiger partial charge in [-0.3, -0.25) is 14.5 Å². The van der Waals surface area contributed by atoms with Crippen LogP contribution in [0.4, 0.5) is 18.9 Å². The number of carbonyl (C=O) groups excluding carboxylic acids is 2. The Morgan fingerprint density at radius 1 is 1.31 bits per heavy atom. The average molecular weight is 409 g/mol. The molecule has 0 bridgehead atoms. The van der Waals surface area contributed by atoms with Crippen molar-refractivity contribution in [2.45, 2.75) is 38.0 Å². The Morgan fingerprint density at radius 3 is 2.62 bits per heavy atom. The Bertz CT molecular complexity index is 878. The van der Waals surface area contributed by atoms with Gasteiger partial charge in [-0.1, -0.05) is 0 Å². The Kier molecular flexibility index (Phi) is 5.92. The summed E-state index contributed by atoms with van der Waals surface area (Å²) in [5, 5.41) is 8.43. The quantitative estimate of drug-likeness (QED) is 0.719. The maximum Gasteiger partial charge on any atom is 0.418 e. The van der Waals surface area contributed by atoms with Crippen LogP contribution < -0.4 is 10.6 Å². The van der Waals surface area contributed by atoms with Crippen LogP contribution in [0.5, 0.6) is 0 Å². The highest BCUT2D eigenvalue weighted by Gasteiger charge is 2.35. The van der Waals surface area contributed by atoms with Gasteiger partial charge in [0.2, 0.25) is 0 Å². The highest BCUT2D eigenvalue weighted by Crippen LogP contribution is 2.36. The molecule has 0 saturated heterocycles. The van der Waals surface area contributed by atoms with Crippen LogP contribution in [0.1, 0.15) is 25.3 Å². The molecule has 156 valence electrons. The number of benzene rings is 1. The Morgan fingerprint density at radius 2 is 2.03 bits per heavy atom. The fraction of sp³-hybridized carbons (Fsp3) is 0.421. The molecule has 2 aromatic rings. The number of alkyl halides is 3. The first-order valence-electron chi connectivity index (χ1n) is 9.19. The molecule has 1 saturated carbocycles. The van der Waals surface area contributed by atoms with Crippen LogP contribution in [0.15, 0.2) is 36.7 Å². The first-order valence-corrected chi connectivity index (χ1v) is 9.19. The van der Waals surface area contributed by atoms with E-state index in [9.17, 15) is 22.8 Å². The minimum atomic E-state index is -4.72. The summed E-state index contributed by atoms with van der Waals surface area (Å²) in [5.41, 5.74) is -1.37. The molecule has 7 nitrogen and oxygen atoms in total. The van der Waals surface area contributed by atoms with Crippen molar-refractivity contribution in [3.63, 3.8) is 0 Å². The second-order valence-electron chi connectivity index (χ2n) is 7.09. The Labute approximate surface area is 165 Å². The summed E-state index contributed by atoms with van der Waals surface area (Å²) in [6.45, 7) is 2.13. The van der Waals surface area contributed by atoms with Crippen LogP contribution in [-0.4, -0.2) is 52.2 Å². The third-order valence-corrected chi connectivity index (χ3v) is 4.91. The number of amides is 2. The fourth-order valence-corrected chi connectivity index (χ4v) is 2.93. The van der Waals surface area contributed by atoms with E-state index >= 15 is 0 Å². The highest BCUT2D eigenvalue weighted by atomic mass is 19.4. The second-order valence-corrected chi connectivity index (χ2v) is 7.09. The molecule has 1 aliphatic rings. The zero-order chi connectivity index (χ0) is 21.2. The van der Waals surface area contributed by atoms with Gasteiger partial charge in [0.25, 0.3) is 0 Å². The number of rotatable bonds is 6. The fourth-order valence-electron chi connectivity index (χ4n) is 2.93. The SMILES string of the molecule is CC(CNC(=O)C(=O)Nc1ccc(-n2cccn2)cc1C(F)(F)F)N(C)C1CC1. The van der Waals surface area contributed by atoms with Crippen molar-refractivity contribution in [2.24, 2.45) is 0 Å². The number of likely N-dealkylation sites (N-methyl/N-ethyl adjacent to an activating group) is 1. The number of hydrogen-bond donors (Lipinski definition) is 2. The minimum Gasteiger partial charge on any atom is -0.346 e. The van der Waals surface area contributed by atoms with Crippen molar-refractivity contribution >= 4 is 17.5 Å². The van der Waals surface area contributed by atoms with Gasteiger partial charge >= 0.3 is 18.0 Å². The van der Waals surface area contributed by atoms with Crippen molar-refractivity contribution in [2.75, 3.05) is 18.9 Å². The molecule has 2 N–H and O–H groups in total. The summed E-state index contributed by atoms with van der Waals surface area (Å²) in [5.74, 6) is -2.13. The molecule has 1 aromatic heterocycles. The Hall–Kier alpha value is -2.88. The lowest BCUT2D eigenvalue weighted by Gasteiger charge is -2.24. The number of carbonyl (C=O) groups is 2. The van der Waals surface area contributed by atoms with Crippen LogP contribution in [0.2, 0.25) is 0 Å². The summed E-state index contributed by atoms with van der Waals surface area (Å²) in [7, 11) is 1.94. The van der Waals surface area contributed by atoms with Gasteiger partial charge in [0, 0.05) is 31.0 Å². The number of hydrogen-bond acceptors (Lipinski definition) is 4. The molecule has 1 fully saturated rings. The topological polar surface area (TPSA) is 79.3 Å². The van der Waals surface area contributed by atoms with Gasteiger partial charge in [-0.2, -0.15) is 18.3 Å². The van der Waals surface area contributed by atoms with Gasteiger partial charge < -0.3 is 10.6 Å². The minimum absolute atomic E-state index is 0.0124. The highest BCUT2D eigenvalue weighted by molar-refractivity contribution is 6.39. The third-order valence-electron chi connectivity index (χ3n) is 4.91. The predicted molar refractivity (Wildman–Crippen MR) is 100 cm³/mol. The molecule has 1 aliphatic carbocycles. The van der Waals surface area contributed by atoms with Crippen LogP contribution in [0.3, 0.4) is 0 Å². The molecule has 29 heavy (non-hydrogen) atoms. The predicted octanol–water partition coefficient (Wildman–Crippen LogP) is 2.43. The van der Waals surface area contributed by atoms with Gasteiger partial charge in [-0.05, 0) is 51.1 Å². The van der Waals surface area contributed by atoms with E-state index in [1.54, 1.807) is 6.07 Å². The van der Waals surface area contributed by atoms with E-state index < -0.39 is 29.2 Å². The smallest absolute Gasteiger partial charge is 0.346 e. The van der Waals surface area contributed by atoms with E-state index in [-0.39, 0.29) is 18.3 Å².